The van der Waals surface area contributed by atoms with Gasteiger partial charge < -0.3 is 5.73 Å². The molecule has 18 heavy (non-hydrogen) atoms. The van der Waals surface area contributed by atoms with Gasteiger partial charge in [0.15, 0.2) is 0 Å². The molecule has 0 radical (unpaired) electrons. The van der Waals surface area contributed by atoms with Gasteiger partial charge in [-0.1, -0.05) is 27.7 Å². The fourth-order valence-corrected chi connectivity index (χ4v) is 3.84. The minimum atomic E-state index is 0.272. The van der Waals surface area contributed by atoms with Gasteiger partial charge in [0.2, 0.25) is 0 Å². The molecule has 0 saturated carbocycles. The van der Waals surface area contributed by atoms with Crippen molar-refractivity contribution in [1.29, 1.82) is 0 Å². The van der Waals surface area contributed by atoms with Crippen LogP contribution in [0.4, 0.5) is 0 Å². The lowest BCUT2D eigenvalue weighted by atomic mass is 9.95. The average molecular weight is 266 g/mol. The van der Waals surface area contributed by atoms with Crippen LogP contribution in [0.2, 0.25) is 0 Å². The van der Waals surface area contributed by atoms with Crippen LogP contribution < -0.4 is 5.73 Å². The molecule has 2 heterocycles. The first-order valence-corrected chi connectivity index (χ1v) is 7.73. The lowest BCUT2D eigenvalue weighted by molar-refractivity contribution is 0.159. The average Bonchev–Trinajstić information content (AvgIpc) is 2.63. The van der Waals surface area contributed by atoms with E-state index in [2.05, 4.69) is 44.7 Å². The molecule has 102 valence electrons. The normalized spacial score (nSPS) is 26.5. The van der Waals surface area contributed by atoms with E-state index in [1.807, 2.05) is 11.3 Å². The number of piperidine rings is 1. The fourth-order valence-electron chi connectivity index (χ4n) is 2.73. The monoisotopic (exact) mass is 266 g/mol. The van der Waals surface area contributed by atoms with Crippen LogP contribution in [0.5, 0.6) is 0 Å². The van der Waals surface area contributed by atoms with E-state index in [9.17, 15) is 0 Å². The summed E-state index contributed by atoms with van der Waals surface area (Å²) in [7, 11) is 0. The molecule has 3 heteroatoms. The van der Waals surface area contributed by atoms with Crippen molar-refractivity contribution in [3.05, 3.63) is 21.9 Å². The van der Waals surface area contributed by atoms with Crippen molar-refractivity contribution in [3.8, 4) is 0 Å². The van der Waals surface area contributed by atoms with Crippen LogP contribution in [0.3, 0.4) is 0 Å². The van der Waals surface area contributed by atoms with Crippen LogP contribution in [0.15, 0.2) is 12.1 Å². The minimum absolute atomic E-state index is 0.272. The minimum Gasteiger partial charge on any atom is -0.327 e. The predicted molar refractivity (Wildman–Crippen MR) is 80.1 cm³/mol. The molecule has 0 aliphatic carbocycles. The summed E-state index contributed by atoms with van der Waals surface area (Å²) in [5.74, 6) is 0.732. The largest absolute Gasteiger partial charge is 0.327 e. The summed E-state index contributed by atoms with van der Waals surface area (Å²) in [4.78, 5) is 5.46. The lowest BCUT2D eigenvalue weighted by Crippen LogP contribution is -2.45. The zero-order valence-electron chi connectivity index (χ0n) is 12.1. The molecule has 2 atom stereocenters. The Morgan fingerprint density at radius 1 is 1.33 bits per heavy atom. The van der Waals surface area contributed by atoms with E-state index in [-0.39, 0.29) is 5.41 Å². The summed E-state index contributed by atoms with van der Waals surface area (Å²) >= 11 is 1.95. The van der Waals surface area contributed by atoms with Gasteiger partial charge in [-0.2, -0.15) is 0 Å². The van der Waals surface area contributed by atoms with Gasteiger partial charge in [-0.05, 0) is 29.9 Å². The molecule has 1 aromatic heterocycles. The predicted octanol–water partition coefficient (Wildman–Crippen LogP) is 3.21. The number of rotatable bonds is 2. The van der Waals surface area contributed by atoms with Crippen LogP contribution in [0.1, 0.15) is 43.9 Å². The second kappa shape index (κ2) is 5.32. The molecule has 1 aromatic rings. The smallest absolute Gasteiger partial charge is 0.0328 e. The summed E-state index contributed by atoms with van der Waals surface area (Å²) < 4.78 is 0. The number of likely N-dealkylation sites (tertiary alicyclic amines) is 1. The zero-order chi connectivity index (χ0) is 13.3. The third-order valence-corrected chi connectivity index (χ3v) is 5.04. The first kappa shape index (κ1) is 14.0. The maximum Gasteiger partial charge on any atom is 0.0328 e. The molecule has 2 N–H and O–H groups in total. The van der Waals surface area contributed by atoms with Gasteiger partial charge in [0.1, 0.15) is 0 Å². The standard InChI is InChI=1S/C15H26N2S/c1-11-7-12(16)9-17(8-11)10-13-5-6-14(18-13)15(2,3)4/h5-6,11-12H,7-10,16H2,1-4H3. The highest BCUT2D eigenvalue weighted by atomic mass is 32.1. The van der Waals surface area contributed by atoms with E-state index in [1.54, 1.807) is 0 Å². The Bertz CT molecular complexity index is 381. The van der Waals surface area contributed by atoms with Gasteiger partial charge in [-0.3, -0.25) is 4.90 Å². The van der Waals surface area contributed by atoms with Crippen molar-refractivity contribution >= 4 is 11.3 Å². The summed E-state index contributed by atoms with van der Waals surface area (Å²) in [5.41, 5.74) is 6.38. The van der Waals surface area contributed by atoms with Gasteiger partial charge in [0, 0.05) is 35.4 Å². The highest BCUT2D eigenvalue weighted by Crippen LogP contribution is 2.30. The topological polar surface area (TPSA) is 29.3 Å². The highest BCUT2D eigenvalue weighted by molar-refractivity contribution is 7.12. The maximum absolute atomic E-state index is 6.11. The van der Waals surface area contributed by atoms with Gasteiger partial charge in [-0.25, -0.2) is 0 Å². The summed E-state index contributed by atoms with van der Waals surface area (Å²) in [6.45, 7) is 12.5. The number of nitrogens with two attached hydrogens (primary N) is 1. The molecule has 0 aromatic carbocycles. The number of hydrogen-bond acceptors (Lipinski definition) is 3. The molecule has 0 bridgehead atoms. The lowest BCUT2D eigenvalue weighted by Gasteiger charge is -2.34. The van der Waals surface area contributed by atoms with Crippen LogP contribution in [0, 0.1) is 5.92 Å². The second-order valence-electron chi connectivity index (χ2n) is 6.81. The van der Waals surface area contributed by atoms with Crippen molar-refractivity contribution < 1.29 is 0 Å². The molecule has 0 spiro atoms. The second-order valence-corrected chi connectivity index (χ2v) is 7.98. The van der Waals surface area contributed by atoms with Crippen LogP contribution in [-0.4, -0.2) is 24.0 Å². The Balaban J connectivity index is 1.99. The Morgan fingerprint density at radius 3 is 2.61 bits per heavy atom. The first-order valence-electron chi connectivity index (χ1n) is 6.91. The Morgan fingerprint density at radius 2 is 2.06 bits per heavy atom. The van der Waals surface area contributed by atoms with Crippen LogP contribution in [-0.2, 0) is 12.0 Å². The van der Waals surface area contributed by atoms with Gasteiger partial charge in [0.25, 0.3) is 0 Å². The van der Waals surface area contributed by atoms with Crippen LogP contribution in [0.25, 0.3) is 0 Å². The number of hydrogen-bond donors (Lipinski definition) is 1. The SMILES string of the molecule is CC1CC(N)CN(Cc2ccc(C(C)(C)C)s2)C1. The quantitative estimate of drug-likeness (QED) is 0.890. The molecule has 1 aliphatic rings. The van der Waals surface area contributed by atoms with Crippen molar-refractivity contribution in [2.75, 3.05) is 13.1 Å². The van der Waals surface area contributed by atoms with Gasteiger partial charge in [-0.15, -0.1) is 11.3 Å². The maximum atomic E-state index is 6.11. The molecule has 2 nitrogen and oxygen atoms in total. The van der Waals surface area contributed by atoms with E-state index in [1.165, 1.54) is 22.7 Å². The van der Waals surface area contributed by atoms with Crippen LogP contribution >= 0.6 is 11.3 Å². The highest BCUT2D eigenvalue weighted by Gasteiger charge is 2.23. The summed E-state index contributed by atoms with van der Waals surface area (Å²) in [6.07, 6.45) is 1.17. The van der Waals surface area contributed by atoms with E-state index >= 15 is 0 Å². The van der Waals surface area contributed by atoms with E-state index < -0.39 is 0 Å². The molecule has 1 fully saturated rings. The third-order valence-electron chi connectivity index (χ3n) is 3.55. The van der Waals surface area contributed by atoms with Crippen molar-refractivity contribution in [2.24, 2.45) is 11.7 Å². The van der Waals surface area contributed by atoms with Crippen molar-refractivity contribution in [3.63, 3.8) is 0 Å². The van der Waals surface area contributed by atoms with E-state index in [4.69, 9.17) is 5.73 Å². The molecule has 2 unspecified atom stereocenters. The molecule has 1 aliphatic heterocycles. The molecule has 1 saturated heterocycles. The van der Waals surface area contributed by atoms with Crippen molar-refractivity contribution in [2.45, 2.75) is 52.1 Å². The fraction of sp³-hybridized carbons (Fsp3) is 0.733. The molecule has 2 rings (SSSR count). The Hall–Kier alpha value is -0.380. The molecule has 0 amide bonds. The Labute approximate surface area is 115 Å². The molecular formula is C15H26N2S. The van der Waals surface area contributed by atoms with E-state index in [0.29, 0.717) is 6.04 Å². The number of nitrogens with zero attached hydrogens (tertiary/aromatic N) is 1. The van der Waals surface area contributed by atoms with E-state index in [0.717, 1.165) is 19.0 Å². The molecular weight excluding hydrogens is 240 g/mol. The van der Waals surface area contributed by atoms with Gasteiger partial charge in [0.05, 0.1) is 0 Å². The summed E-state index contributed by atoms with van der Waals surface area (Å²) in [5, 5.41) is 0. The van der Waals surface area contributed by atoms with Gasteiger partial charge >= 0.3 is 0 Å². The summed E-state index contributed by atoms with van der Waals surface area (Å²) in [6, 6.07) is 4.93. The first-order chi connectivity index (χ1) is 8.34. The Kier molecular flexibility index (Phi) is 4.15. The number of thiophene rings is 1. The zero-order valence-corrected chi connectivity index (χ0v) is 12.9. The third kappa shape index (κ3) is 3.56. The van der Waals surface area contributed by atoms with Crippen molar-refractivity contribution in [1.82, 2.24) is 4.90 Å².